The van der Waals surface area contributed by atoms with Crippen molar-refractivity contribution < 1.29 is 44.2 Å². The third-order valence-electron chi connectivity index (χ3n) is 11.7. The number of alkyl halides is 1. The Morgan fingerprint density at radius 3 is 2.25 bits per heavy atom. The molecule has 280 valence electrons. The fourth-order valence-electron chi connectivity index (χ4n) is 9.52. The van der Waals surface area contributed by atoms with E-state index in [-0.39, 0.29) is 34.0 Å². The number of hydrogen-bond donors (Lipinski definition) is 2. The van der Waals surface area contributed by atoms with Crippen LogP contribution in [-0.2, 0) is 22.5 Å². The number of benzene rings is 2. The molecule has 0 unspecified atom stereocenters. The Morgan fingerprint density at radius 1 is 0.962 bits per heavy atom. The molecule has 1 aromatic heterocycles. The van der Waals surface area contributed by atoms with Crippen LogP contribution in [0.4, 0.5) is 5.69 Å². The summed E-state index contributed by atoms with van der Waals surface area (Å²) in [6.45, 7) is 7.83. The van der Waals surface area contributed by atoms with Gasteiger partial charge in [-0.3, -0.25) is 0 Å². The molecule has 2 heterocycles. The molecule has 11 heteroatoms. The molecular weight excluding hydrogens is 769 g/mol. The number of ether oxygens (including phenoxy) is 1. The molecule has 0 radical (unpaired) electrons. The van der Waals surface area contributed by atoms with Crippen LogP contribution in [0.1, 0.15) is 116 Å². The molecule has 4 saturated carbocycles. The van der Waals surface area contributed by atoms with Gasteiger partial charge < -0.3 is 0 Å². The molecule has 0 spiro atoms. The SMILES string of the molecule is CCCCN(CCCC)C(=O)c1cc(C)n(-c2ccc(NC(=O)COC34CC5CC(CC(C5)C3)C4)cc2C(=O)N2Cc3ccccc3C[C@H]2[I-]O)n1. The molecule has 4 fully saturated rings. The zero-order valence-corrected chi connectivity index (χ0v) is 32.9. The summed E-state index contributed by atoms with van der Waals surface area (Å²) in [6, 6.07) is 15.1. The van der Waals surface area contributed by atoms with Gasteiger partial charge in [0.1, 0.15) is 0 Å². The fraction of sp³-hybridized carbons (Fsp3) is 0.561. The maximum atomic E-state index is 14.7. The number of carbonyl (C=O) groups excluding carboxylic acids is 3. The predicted octanol–water partition coefficient (Wildman–Crippen LogP) is 3.67. The number of nitrogens with zero attached hydrogens (tertiary/aromatic N) is 4. The Kier molecular flexibility index (Phi) is 11.4. The van der Waals surface area contributed by atoms with E-state index in [1.807, 2.05) is 30.0 Å². The van der Waals surface area contributed by atoms with Gasteiger partial charge >= 0.3 is 256 Å². The third kappa shape index (κ3) is 7.82. The van der Waals surface area contributed by atoms with Gasteiger partial charge in [0.25, 0.3) is 0 Å². The van der Waals surface area contributed by atoms with Crippen molar-refractivity contribution in [2.75, 3.05) is 25.0 Å². The molecule has 5 aliphatic rings. The molecule has 4 bridgehead atoms. The summed E-state index contributed by atoms with van der Waals surface area (Å²) in [5.41, 5.74) is 4.44. The van der Waals surface area contributed by atoms with E-state index in [1.54, 1.807) is 33.8 Å². The van der Waals surface area contributed by atoms with Crippen LogP contribution < -0.4 is 26.9 Å². The molecule has 2 aromatic carbocycles. The summed E-state index contributed by atoms with van der Waals surface area (Å²) < 4.78 is 18.4. The number of unbranched alkanes of at least 4 members (excludes halogenated alkanes) is 2. The maximum absolute atomic E-state index is 14.7. The van der Waals surface area contributed by atoms with Gasteiger partial charge in [-0.2, -0.15) is 0 Å². The van der Waals surface area contributed by atoms with Gasteiger partial charge in [-0.15, -0.1) is 0 Å². The van der Waals surface area contributed by atoms with Crippen LogP contribution in [0.3, 0.4) is 0 Å². The van der Waals surface area contributed by atoms with E-state index in [0.717, 1.165) is 79.5 Å². The van der Waals surface area contributed by atoms with Crippen molar-refractivity contribution in [1.29, 1.82) is 0 Å². The van der Waals surface area contributed by atoms with E-state index in [0.29, 0.717) is 48.7 Å². The van der Waals surface area contributed by atoms with E-state index in [2.05, 4.69) is 25.2 Å². The zero-order valence-electron chi connectivity index (χ0n) is 30.8. The van der Waals surface area contributed by atoms with Gasteiger partial charge in [0.15, 0.2) is 0 Å². The molecule has 52 heavy (non-hydrogen) atoms. The second kappa shape index (κ2) is 16.0. The molecule has 2 N–H and O–H groups in total. The van der Waals surface area contributed by atoms with Crippen LogP contribution in [0.15, 0.2) is 48.5 Å². The fourth-order valence-corrected chi connectivity index (χ4v) is 10.9. The summed E-state index contributed by atoms with van der Waals surface area (Å²) in [4.78, 5) is 45.5. The van der Waals surface area contributed by atoms with Gasteiger partial charge in [0, 0.05) is 0 Å². The minimum atomic E-state index is -1.29. The van der Waals surface area contributed by atoms with Crippen LogP contribution in [0.5, 0.6) is 0 Å². The predicted molar refractivity (Wildman–Crippen MR) is 196 cm³/mol. The Balaban J connectivity index is 1.17. The van der Waals surface area contributed by atoms with E-state index < -0.39 is 21.6 Å². The molecule has 0 saturated heterocycles. The number of aromatic nitrogens is 2. The van der Waals surface area contributed by atoms with Crippen molar-refractivity contribution in [2.45, 2.75) is 108 Å². The quantitative estimate of drug-likeness (QED) is 0.146. The number of hydrogen-bond acceptors (Lipinski definition) is 6. The summed E-state index contributed by atoms with van der Waals surface area (Å²) >= 11 is -1.29. The van der Waals surface area contributed by atoms with Crippen LogP contribution in [-0.4, -0.2) is 70.1 Å². The standard InChI is InChI=1S/C41H53IN5O5/c1-4-6-14-45(15-7-5-2)40(50)35-16-27(3)47(44-35)36-13-12-33(43-38(48)26-52-41-22-28-17-29(23-41)19-30(18-28)24-41)21-34(36)39(49)46-25-32-11-9-8-10-31(32)20-37(46)42-51/h8-13,16,21,28-30,37,51H,4-7,14-15,17-20,22-26H2,1-3H3,(H,43,48)/q-1/t28?,29?,30?,37-,41?/m0/s1. The number of nitrogens with one attached hydrogen (secondary N) is 1. The minimum absolute atomic E-state index is 0.0204. The first-order chi connectivity index (χ1) is 25.2. The van der Waals surface area contributed by atoms with Gasteiger partial charge in [-0.05, 0) is 37.0 Å². The van der Waals surface area contributed by atoms with E-state index in [1.165, 1.54) is 19.3 Å². The Morgan fingerprint density at radius 2 is 1.62 bits per heavy atom. The topological polar surface area (TPSA) is 117 Å². The van der Waals surface area contributed by atoms with Crippen molar-refractivity contribution >= 4 is 23.4 Å². The summed E-state index contributed by atoms with van der Waals surface area (Å²) in [5.74, 6) is 1.56. The van der Waals surface area contributed by atoms with Crippen LogP contribution in [0.25, 0.3) is 5.69 Å². The van der Waals surface area contributed by atoms with Crippen LogP contribution in [0.2, 0.25) is 0 Å². The normalized spacial score (nSPS) is 24.6. The molecule has 3 amide bonds. The van der Waals surface area contributed by atoms with Gasteiger partial charge in [0.05, 0.1) is 0 Å². The van der Waals surface area contributed by atoms with Crippen molar-refractivity contribution in [2.24, 2.45) is 17.8 Å². The molecule has 4 aliphatic carbocycles. The Bertz CT molecular complexity index is 1750. The van der Waals surface area contributed by atoms with Gasteiger partial charge in [0.2, 0.25) is 0 Å². The second-order valence-corrected chi connectivity index (χ2v) is 17.7. The van der Waals surface area contributed by atoms with Gasteiger partial charge in [-0.1, -0.05) is 26.7 Å². The molecule has 1 atom stereocenters. The number of carbonyl (C=O) groups is 3. The molecule has 10 nitrogen and oxygen atoms in total. The number of fused-ring (bicyclic) bond motifs is 1. The molecule has 8 rings (SSSR count). The first-order valence-corrected chi connectivity index (χ1v) is 21.5. The summed E-state index contributed by atoms with van der Waals surface area (Å²) in [6.07, 6.45) is 11.5. The van der Waals surface area contributed by atoms with Crippen molar-refractivity contribution in [3.8, 4) is 5.69 Å². The Labute approximate surface area is 318 Å². The van der Waals surface area contributed by atoms with Crippen LogP contribution in [0, 0.1) is 24.7 Å². The number of amides is 3. The second-order valence-electron chi connectivity index (χ2n) is 15.7. The molecule has 3 aromatic rings. The van der Waals surface area contributed by atoms with Crippen molar-refractivity contribution in [1.82, 2.24) is 19.6 Å². The van der Waals surface area contributed by atoms with E-state index >= 15 is 0 Å². The van der Waals surface area contributed by atoms with E-state index in [9.17, 15) is 17.8 Å². The summed E-state index contributed by atoms with van der Waals surface area (Å²) in [5, 5.41) is 7.81. The average molecular weight is 823 g/mol. The third-order valence-corrected chi connectivity index (χ3v) is 13.5. The molecular formula is C41H53IN5O5-. The van der Waals surface area contributed by atoms with Crippen LogP contribution >= 0.6 is 0 Å². The average Bonchev–Trinajstić information content (AvgIpc) is 3.53. The first kappa shape index (κ1) is 37.0. The number of halogens is 1. The van der Waals surface area contributed by atoms with Gasteiger partial charge in [-0.25, -0.2) is 0 Å². The zero-order chi connectivity index (χ0) is 36.4. The summed E-state index contributed by atoms with van der Waals surface area (Å²) in [7, 11) is 0. The Hall–Kier alpha value is -3.29. The molecule has 1 aliphatic heterocycles. The van der Waals surface area contributed by atoms with Crippen molar-refractivity contribution in [3.05, 3.63) is 76.6 Å². The first-order valence-electron chi connectivity index (χ1n) is 19.3. The van der Waals surface area contributed by atoms with E-state index in [4.69, 9.17) is 9.84 Å². The van der Waals surface area contributed by atoms with Crippen molar-refractivity contribution in [3.63, 3.8) is 0 Å². The number of anilines is 1. The number of rotatable bonds is 14. The number of aryl methyl sites for hydroxylation is 1. The monoisotopic (exact) mass is 822 g/mol.